The van der Waals surface area contributed by atoms with Crippen molar-refractivity contribution in [3.8, 4) is 0 Å². The molecule has 0 saturated carbocycles. The molecular weight excluding hydrogens is 256 g/mol. The van der Waals surface area contributed by atoms with Crippen LogP contribution in [0.1, 0.15) is 44.3 Å². The highest BCUT2D eigenvalue weighted by atomic mass is 32.1. The third kappa shape index (κ3) is 4.39. The summed E-state index contributed by atoms with van der Waals surface area (Å²) in [5, 5.41) is 3.24. The predicted octanol–water partition coefficient (Wildman–Crippen LogP) is 2.94. The molecule has 1 unspecified atom stereocenters. The SMILES string of the molecule is CC(=O)Cc1csc(CC2CCCN(C(C)C)C2)n1. The van der Waals surface area contributed by atoms with Gasteiger partial charge in [0, 0.05) is 30.8 Å². The van der Waals surface area contributed by atoms with E-state index in [9.17, 15) is 4.79 Å². The van der Waals surface area contributed by atoms with Crippen LogP contribution in [0.3, 0.4) is 0 Å². The largest absolute Gasteiger partial charge is 0.301 e. The maximum absolute atomic E-state index is 11.1. The first-order valence-corrected chi connectivity index (χ1v) is 8.09. The lowest BCUT2D eigenvalue weighted by molar-refractivity contribution is -0.116. The van der Waals surface area contributed by atoms with Crippen molar-refractivity contribution in [3.63, 3.8) is 0 Å². The van der Waals surface area contributed by atoms with Gasteiger partial charge in [0.1, 0.15) is 5.78 Å². The average molecular weight is 280 g/mol. The smallest absolute Gasteiger partial charge is 0.135 e. The number of ketones is 1. The number of likely N-dealkylation sites (tertiary alicyclic amines) is 1. The van der Waals surface area contributed by atoms with Gasteiger partial charge in [-0.3, -0.25) is 4.79 Å². The number of nitrogens with zero attached hydrogens (tertiary/aromatic N) is 2. The van der Waals surface area contributed by atoms with Gasteiger partial charge >= 0.3 is 0 Å². The molecule has 0 spiro atoms. The fourth-order valence-electron chi connectivity index (χ4n) is 2.76. The normalized spacial score (nSPS) is 20.9. The monoisotopic (exact) mass is 280 g/mol. The van der Waals surface area contributed by atoms with Crippen LogP contribution in [-0.4, -0.2) is 34.8 Å². The molecule has 1 aromatic rings. The van der Waals surface area contributed by atoms with E-state index in [4.69, 9.17) is 0 Å². The molecule has 19 heavy (non-hydrogen) atoms. The van der Waals surface area contributed by atoms with Crippen molar-refractivity contribution in [2.45, 2.75) is 52.5 Å². The lowest BCUT2D eigenvalue weighted by atomic mass is 9.94. The molecule has 1 atom stereocenters. The summed E-state index contributed by atoms with van der Waals surface area (Å²) in [6, 6.07) is 0.646. The van der Waals surface area contributed by atoms with Crippen LogP contribution in [-0.2, 0) is 17.6 Å². The Bertz CT molecular complexity index is 428. The number of aromatic nitrogens is 1. The molecule has 2 heterocycles. The highest BCUT2D eigenvalue weighted by molar-refractivity contribution is 7.09. The third-order valence-corrected chi connectivity index (χ3v) is 4.69. The first kappa shape index (κ1) is 14.7. The van der Waals surface area contributed by atoms with Crippen molar-refractivity contribution in [2.75, 3.05) is 13.1 Å². The Morgan fingerprint density at radius 1 is 1.58 bits per heavy atom. The molecule has 106 valence electrons. The molecular formula is C15H24N2OS. The second kappa shape index (κ2) is 6.62. The lowest BCUT2D eigenvalue weighted by Crippen LogP contribution is -2.40. The number of carbonyl (C=O) groups excluding carboxylic acids is 1. The van der Waals surface area contributed by atoms with Gasteiger partial charge in [0.05, 0.1) is 10.7 Å². The second-order valence-electron chi connectivity index (χ2n) is 5.91. The summed E-state index contributed by atoms with van der Waals surface area (Å²) in [5.41, 5.74) is 0.948. The van der Waals surface area contributed by atoms with Gasteiger partial charge in [0.2, 0.25) is 0 Å². The van der Waals surface area contributed by atoms with Crippen LogP contribution in [0.15, 0.2) is 5.38 Å². The van der Waals surface area contributed by atoms with E-state index in [-0.39, 0.29) is 5.78 Å². The Kier molecular flexibility index (Phi) is 5.11. The molecule has 0 aliphatic carbocycles. The zero-order valence-corrected chi connectivity index (χ0v) is 13.0. The maximum atomic E-state index is 11.1. The molecule has 0 bridgehead atoms. The number of piperidine rings is 1. The van der Waals surface area contributed by atoms with Gasteiger partial charge in [0.25, 0.3) is 0 Å². The van der Waals surface area contributed by atoms with Crippen molar-refractivity contribution in [2.24, 2.45) is 5.92 Å². The molecule has 3 nitrogen and oxygen atoms in total. The zero-order valence-electron chi connectivity index (χ0n) is 12.2. The van der Waals surface area contributed by atoms with Crippen LogP contribution in [0.5, 0.6) is 0 Å². The molecule has 1 aliphatic heterocycles. The first-order chi connectivity index (χ1) is 9.04. The highest BCUT2D eigenvalue weighted by Crippen LogP contribution is 2.23. The van der Waals surface area contributed by atoms with Crippen molar-refractivity contribution < 1.29 is 4.79 Å². The Hall–Kier alpha value is -0.740. The summed E-state index contributed by atoms with van der Waals surface area (Å²) in [6.07, 6.45) is 4.17. The predicted molar refractivity (Wildman–Crippen MR) is 79.6 cm³/mol. The van der Waals surface area contributed by atoms with Crippen molar-refractivity contribution in [3.05, 3.63) is 16.1 Å². The van der Waals surface area contributed by atoms with E-state index < -0.39 is 0 Å². The van der Waals surface area contributed by atoms with Gasteiger partial charge in [-0.2, -0.15) is 0 Å². The number of hydrogen-bond acceptors (Lipinski definition) is 4. The van der Waals surface area contributed by atoms with E-state index in [1.165, 1.54) is 30.9 Å². The molecule has 4 heteroatoms. The fraction of sp³-hybridized carbons (Fsp3) is 0.733. The number of Topliss-reactive ketones (excluding diaryl/α,β-unsaturated/α-hetero) is 1. The highest BCUT2D eigenvalue weighted by Gasteiger charge is 2.22. The van der Waals surface area contributed by atoms with Crippen LogP contribution in [0.4, 0.5) is 0 Å². The van der Waals surface area contributed by atoms with Crippen molar-refractivity contribution in [1.82, 2.24) is 9.88 Å². The minimum Gasteiger partial charge on any atom is -0.301 e. The summed E-state index contributed by atoms with van der Waals surface area (Å²) >= 11 is 1.71. The second-order valence-corrected chi connectivity index (χ2v) is 6.86. The summed E-state index contributed by atoms with van der Waals surface area (Å²) < 4.78 is 0. The third-order valence-electron chi connectivity index (χ3n) is 3.77. The topological polar surface area (TPSA) is 33.2 Å². The van der Waals surface area contributed by atoms with Crippen LogP contribution < -0.4 is 0 Å². The van der Waals surface area contributed by atoms with Gasteiger partial charge in [-0.25, -0.2) is 4.98 Å². The van der Waals surface area contributed by atoms with E-state index in [1.54, 1.807) is 18.3 Å². The van der Waals surface area contributed by atoms with E-state index in [2.05, 4.69) is 23.7 Å². The molecule has 0 radical (unpaired) electrons. The average Bonchev–Trinajstić information content (AvgIpc) is 2.76. The van der Waals surface area contributed by atoms with Gasteiger partial charge in [0.15, 0.2) is 0 Å². The fourth-order valence-corrected chi connectivity index (χ4v) is 3.67. The van der Waals surface area contributed by atoms with Gasteiger partial charge < -0.3 is 4.90 Å². The number of rotatable bonds is 5. The van der Waals surface area contributed by atoms with Crippen molar-refractivity contribution in [1.29, 1.82) is 0 Å². The minimum atomic E-state index is 0.195. The van der Waals surface area contributed by atoms with E-state index >= 15 is 0 Å². The number of hydrogen-bond donors (Lipinski definition) is 0. The maximum Gasteiger partial charge on any atom is 0.135 e. The quantitative estimate of drug-likeness (QED) is 0.831. The molecule has 0 amide bonds. The molecule has 1 aromatic heterocycles. The van der Waals surface area contributed by atoms with Crippen LogP contribution in [0.2, 0.25) is 0 Å². The van der Waals surface area contributed by atoms with E-state index in [1.807, 2.05) is 5.38 Å². The Balaban J connectivity index is 1.89. The summed E-state index contributed by atoms with van der Waals surface area (Å²) in [6.45, 7) is 8.61. The molecule has 0 aromatic carbocycles. The first-order valence-electron chi connectivity index (χ1n) is 7.21. The van der Waals surface area contributed by atoms with Crippen LogP contribution in [0.25, 0.3) is 0 Å². The standard InChI is InChI=1S/C15H24N2OS/c1-11(2)17-6-4-5-13(9-17)8-15-16-14(10-19-15)7-12(3)18/h10-11,13H,4-9H2,1-3H3. The van der Waals surface area contributed by atoms with Crippen LogP contribution in [0, 0.1) is 5.92 Å². The summed E-state index contributed by atoms with van der Waals surface area (Å²) in [4.78, 5) is 18.2. The Morgan fingerprint density at radius 2 is 2.37 bits per heavy atom. The van der Waals surface area contributed by atoms with Gasteiger partial charge in [-0.15, -0.1) is 11.3 Å². The molecule has 0 N–H and O–H groups in total. The Morgan fingerprint density at radius 3 is 3.05 bits per heavy atom. The minimum absolute atomic E-state index is 0.195. The van der Waals surface area contributed by atoms with Crippen LogP contribution >= 0.6 is 11.3 Å². The lowest BCUT2D eigenvalue weighted by Gasteiger charge is -2.35. The Labute approximate surface area is 120 Å². The zero-order chi connectivity index (χ0) is 13.8. The summed E-state index contributed by atoms with van der Waals surface area (Å²) in [7, 11) is 0. The molecule has 1 fully saturated rings. The molecule has 1 aliphatic rings. The number of carbonyl (C=O) groups is 1. The summed E-state index contributed by atoms with van der Waals surface area (Å²) in [5.74, 6) is 0.924. The van der Waals surface area contributed by atoms with E-state index in [0.717, 1.165) is 18.0 Å². The molecule has 2 rings (SSSR count). The van der Waals surface area contributed by atoms with E-state index in [0.29, 0.717) is 12.5 Å². The number of thiazole rings is 1. The van der Waals surface area contributed by atoms with Gasteiger partial charge in [-0.1, -0.05) is 0 Å². The molecule has 1 saturated heterocycles. The van der Waals surface area contributed by atoms with Gasteiger partial charge in [-0.05, 0) is 46.1 Å². The van der Waals surface area contributed by atoms with Crippen molar-refractivity contribution >= 4 is 17.1 Å².